The van der Waals surface area contributed by atoms with Gasteiger partial charge in [-0.1, -0.05) is 18.2 Å². The molecule has 3 rings (SSSR count). The van der Waals surface area contributed by atoms with Crippen LogP contribution in [-0.2, 0) is 0 Å². The molecule has 2 aromatic rings. The first-order chi connectivity index (χ1) is 14.6. The van der Waals surface area contributed by atoms with E-state index >= 15 is 0 Å². The monoisotopic (exact) mass is 414 g/mol. The third-order valence-corrected chi connectivity index (χ3v) is 5.18. The van der Waals surface area contributed by atoms with Crippen molar-refractivity contribution in [3.05, 3.63) is 54.3 Å². The van der Waals surface area contributed by atoms with Crippen molar-refractivity contribution in [2.45, 2.75) is 19.4 Å². The third kappa shape index (κ3) is 6.02. The molecule has 2 N–H and O–H groups in total. The van der Waals surface area contributed by atoms with Crippen LogP contribution in [0.2, 0.25) is 0 Å². The molecular weight excluding hydrogens is 383 g/mol. The van der Waals surface area contributed by atoms with Crippen molar-refractivity contribution >= 4 is 11.6 Å². The van der Waals surface area contributed by atoms with E-state index in [1.807, 2.05) is 25.1 Å². The first-order valence-electron chi connectivity index (χ1n) is 10.3. The summed E-state index contributed by atoms with van der Waals surface area (Å²) in [6.45, 7) is 5.33. The summed E-state index contributed by atoms with van der Waals surface area (Å²) < 4.78 is 24.5. The Bertz CT molecular complexity index is 845. The molecule has 2 atom stereocenters. The van der Waals surface area contributed by atoms with Crippen molar-refractivity contribution in [3.63, 3.8) is 0 Å². The third-order valence-electron chi connectivity index (χ3n) is 5.18. The summed E-state index contributed by atoms with van der Waals surface area (Å²) in [4.78, 5) is 6.66. The zero-order valence-electron chi connectivity index (χ0n) is 17.9. The fourth-order valence-electron chi connectivity index (χ4n) is 3.63. The van der Waals surface area contributed by atoms with Gasteiger partial charge < -0.3 is 25.0 Å². The normalized spacial score (nSPS) is 17.5. The van der Waals surface area contributed by atoms with Crippen molar-refractivity contribution in [1.29, 1.82) is 0 Å². The SMILES string of the molecule is CN=C(NCC1CCN(c2ccccc2OC)C1)NCC(C)Oc1cccc(F)c1. The van der Waals surface area contributed by atoms with E-state index in [9.17, 15) is 4.39 Å². The van der Waals surface area contributed by atoms with E-state index in [4.69, 9.17) is 9.47 Å². The molecule has 30 heavy (non-hydrogen) atoms. The molecule has 0 aliphatic carbocycles. The largest absolute Gasteiger partial charge is 0.495 e. The van der Waals surface area contributed by atoms with E-state index < -0.39 is 0 Å². The molecule has 0 bridgehead atoms. The number of methoxy groups -OCH3 is 1. The van der Waals surface area contributed by atoms with E-state index in [-0.39, 0.29) is 11.9 Å². The van der Waals surface area contributed by atoms with E-state index in [1.165, 1.54) is 12.1 Å². The lowest BCUT2D eigenvalue weighted by atomic mass is 10.1. The van der Waals surface area contributed by atoms with Gasteiger partial charge in [0.2, 0.25) is 0 Å². The van der Waals surface area contributed by atoms with Crippen LogP contribution in [0.4, 0.5) is 10.1 Å². The highest BCUT2D eigenvalue weighted by molar-refractivity contribution is 5.79. The first-order valence-corrected chi connectivity index (χ1v) is 10.3. The molecule has 1 saturated heterocycles. The number of nitrogens with one attached hydrogen (secondary N) is 2. The van der Waals surface area contributed by atoms with Crippen molar-refractivity contribution in [2.75, 3.05) is 45.2 Å². The summed E-state index contributed by atoms with van der Waals surface area (Å²) in [5.74, 6) is 2.39. The molecule has 7 heteroatoms. The fraction of sp³-hybridized carbons (Fsp3) is 0.435. The van der Waals surface area contributed by atoms with Gasteiger partial charge in [-0.2, -0.15) is 0 Å². The highest BCUT2D eigenvalue weighted by Gasteiger charge is 2.24. The van der Waals surface area contributed by atoms with Crippen LogP contribution in [-0.4, -0.2) is 52.4 Å². The molecule has 0 aromatic heterocycles. The zero-order valence-corrected chi connectivity index (χ0v) is 17.9. The fourth-order valence-corrected chi connectivity index (χ4v) is 3.63. The minimum absolute atomic E-state index is 0.127. The Balaban J connectivity index is 1.42. The second kappa shape index (κ2) is 10.7. The molecule has 0 amide bonds. The molecule has 162 valence electrons. The number of hydrogen-bond acceptors (Lipinski definition) is 4. The van der Waals surface area contributed by atoms with Crippen LogP contribution >= 0.6 is 0 Å². The van der Waals surface area contributed by atoms with E-state index in [2.05, 4.69) is 26.6 Å². The maximum Gasteiger partial charge on any atom is 0.191 e. The summed E-state index contributed by atoms with van der Waals surface area (Å²) >= 11 is 0. The maximum atomic E-state index is 13.3. The van der Waals surface area contributed by atoms with Crippen molar-refractivity contribution in [2.24, 2.45) is 10.9 Å². The number of para-hydroxylation sites is 2. The Hall–Kier alpha value is -2.96. The number of hydrogen-bond donors (Lipinski definition) is 2. The predicted octanol–water partition coefficient (Wildman–Crippen LogP) is 3.29. The van der Waals surface area contributed by atoms with Gasteiger partial charge >= 0.3 is 0 Å². The van der Waals surface area contributed by atoms with E-state index in [0.29, 0.717) is 18.2 Å². The smallest absolute Gasteiger partial charge is 0.191 e. The van der Waals surface area contributed by atoms with Gasteiger partial charge in [-0.15, -0.1) is 0 Å². The molecule has 1 aliphatic heterocycles. The number of guanidine groups is 1. The van der Waals surface area contributed by atoms with Crippen LogP contribution < -0.4 is 25.0 Å². The summed E-state index contributed by atoms with van der Waals surface area (Å²) in [7, 11) is 3.46. The second-order valence-electron chi connectivity index (χ2n) is 7.49. The second-order valence-corrected chi connectivity index (χ2v) is 7.49. The topological polar surface area (TPSA) is 58.1 Å². The van der Waals surface area contributed by atoms with Crippen LogP contribution in [0.5, 0.6) is 11.5 Å². The lowest BCUT2D eigenvalue weighted by molar-refractivity contribution is 0.223. The maximum absolute atomic E-state index is 13.3. The number of benzene rings is 2. The lowest BCUT2D eigenvalue weighted by Gasteiger charge is -2.22. The van der Waals surface area contributed by atoms with Gasteiger partial charge in [0.05, 0.1) is 19.3 Å². The van der Waals surface area contributed by atoms with Gasteiger partial charge in [0.1, 0.15) is 23.4 Å². The number of ether oxygens (including phenoxy) is 2. The molecule has 6 nitrogen and oxygen atoms in total. The van der Waals surface area contributed by atoms with Gasteiger partial charge in [0.25, 0.3) is 0 Å². The van der Waals surface area contributed by atoms with Crippen molar-refractivity contribution in [3.8, 4) is 11.5 Å². The summed E-state index contributed by atoms with van der Waals surface area (Å²) in [5, 5.41) is 6.68. The van der Waals surface area contributed by atoms with Gasteiger partial charge in [0.15, 0.2) is 5.96 Å². The number of rotatable bonds is 8. The van der Waals surface area contributed by atoms with E-state index in [1.54, 1.807) is 26.3 Å². The Labute approximate surface area is 178 Å². The number of nitrogens with zero attached hydrogens (tertiary/aromatic N) is 2. The average molecular weight is 415 g/mol. The number of halogens is 1. The highest BCUT2D eigenvalue weighted by atomic mass is 19.1. The molecule has 2 unspecified atom stereocenters. The molecule has 2 aromatic carbocycles. The summed E-state index contributed by atoms with van der Waals surface area (Å²) in [6.07, 6.45) is 0.985. The highest BCUT2D eigenvalue weighted by Crippen LogP contribution is 2.31. The Morgan fingerprint density at radius 3 is 2.83 bits per heavy atom. The molecule has 1 fully saturated rings. The average Bonchev–Trinajstić information content (AvgIpc) is 3.22. The van der Waals surface area contributed by atoms with Gasteiger partial charge in [0, 0.05) is 32.7 Å². The molecular formula is C23H31FN4O2. The summed E-state index contributed by atoms with van der Waals surface area (Å²) in [6, 6.07) is 14.3. The minimum Gasteiger partial charge on any atom is -0.495 e. The van der Waals surface area contributed by atoms with Gasteiger partial charge in [-0.25, -0.2) is 4.39 Å². The lowest BCUT2D eigenvalue weighted by Crippen LogP contribution is -2.43. The molecule has 1 heterocycles. The Kier molecular flexibility index (Phi) is 7.76. The first kappa shape index (κ1) is 21.7. The Morgan fingerprint density at radius 1 is 1.23 bits per heavy atom. The number of aliphatic imine (C=N–C) groups is 1. The number of anilines is 1. The van der Waals surface area contributed by atoms with Crippen LogP contribution in [0.15, 0.2) is 53.5 Å². The molecule has 0 radical (unpaired) electrons. The standard InChI is InChI=1S/C23H31FN4O2/c1-17(30-20-8-6-7-19(24)13-20)14-26-23(25-2)27-15-18-11-12-28(16-18)21-9-4-5-10-22(21)29-3/h4-10,13,17-18H,11-12,14-16H2,1-3H3,(H2,25,26,27). The Morgan fingerprint density at radius 2 is 2.07 bits per heavy atom. The van der Waals surface area contributed by atoms with Crippen molar-refractivity contribution < 1.29 is 13.9 Å². The van der Waals surface area contributed by atoms with Crippen LogP contribution in [0.1, 0.15) is 13.3 Å². The van der Waals surface area contributed by atoms with E-state index in [0.717, 1.165) is 43.5 Å². The molecule has 0 saturated carbocycles. The minimum atomic E-state index is -0.302. The molecule has 1 aliphatic rings. The molecule has 0 spiro atoms. The van der Waals surface area contributed by atoms with Gasteiger partial charge in [-0.05, 0) is 43.5 Å². The van der Waals surface area contributed by atoms with Crippen LogP contribution in [0.25, 0.3) is 0 Å². The van der Waals surface area contributed by atoms with Crippen LogP contribution in [0, 0.1) is 11.7 Å². The quantitative estimate of drug-likeness (QED) is 0.513. The van der Waals surface area contributed by atoms with Crippen LogP contribution in [0.3, 0.4) is 0 Å². The summed E-state index contributed by atoms with van der Waals surface area (Å²) in [5.41, 5.74) is 1.15. The predicted molar refractivity (Wildman–Crippen MR) is 119 cm³/mol. The zero-order chi connectivity index (χ0) is 21.3. The van der Waals surface area contributed by atoms with Gasteiger partial charge in [-0.3, -0.25) is 4.99 Å². The van der Waals surface area contributed by atoms with Crippen molar-refractivity contribution in [1.82, 2.24) is 10.6 Å².